The van der Waals surface area contributed by atoms with Crippen molar-refractivity contribution in [3.8, 4) is 0 Å². The molecular formula is C50H91NO7P+. The zero-order valence-corrected chi connectivity index (χ0v) is 39.6. The Bertz CT molecular complexity index is 1170. The number of likely N-dealkylation sites (N-methyl/N-ethyl adjacent to an activating group) is 1. The lowest BCUT2D eigenvalue weighted by Gasteiger charge is -2.24. The summed E-state index contributed by atoms with van der Waals surface area (Å²) in [6, 6.07) is 0. The van der Waals surface area contributed by atoms with Crippen LogP contribution >= 0.6 is 7.82 Å². The highest BCUT2D eigenvalue weighted by molar-refractivity contribution is 7.47. The van der Waals surface area contributed by atoms with E-state index < -0.39 is 13.9 Å². The molecule has 0 saturated heterocycles. The van der Waals surface area contributed by atoms with E-state index in [2.05, 4.69) is 86.8 Å². The Morgan fingerprint density at radius 3 is 1.47 bits per heavy atom. The summed E-state index contributed by atoms with van der Waals surface area (Å²) in [5, 5.41) is 0. The first kappa shape index (κ1) is 56.9. The summed E-state index contributed by atoms with van der Waals surface area (Å²) in [5.74, 6) is -0.323. The van der Waals surface area contributed by atoms with E-state index in [1.807, 2.05) is 21.1 Å². The van der Waals surface area contributed by atoms with E-state index in [1.165, 1.54) is 77.0 Å². The van der Waals surface area contributed by atoms with E-state index in [-0.39, 0.29) is 25.8 Å². The first-order valence-corrected chi connectivity index (χ1v) is 25.2. The smallest absolute Gasteiger partial charge is 0.457 e. The van der Waals surface area contributed by atoms with Gasteiger partial charge in [0.1, 0.15) is 19.3 Å². The van der Waals surface area contributed by atoms with Gasteiger partial charge in [0.2, 0.25) is 0 Å². The lowest BCUT2D eigenvalue weighted by molar-refractivity contribution is -0.870. The maximum Gasteiger partial charge on any atom is 0.472 e. The minimum atomic E-state index is -4.28. The van der Waals surface area contributed by atoms with E-state index in [0.29, 0.717) is 24.1 Å². The minimum absolute atomic E-state index is 0.0820. The van der Waals surface area contributed by atoms with Gasteiger partial charge in [-0.15, -0.1) is 0 Å². The summed E-state index contributed by atoms with van der Waals surface area (Å²) in [6.07, 6.45) is 55.1. The fourth-order valence-corrected chi connectivity index (χ4v) is 6.89. The molecule has 0 fully saturated rings. The van der Waals surface area contributed by atoms with Crippen LogP contribution in [-0.2, 0) is 27.9 Å². The highest BCUT2D eigenvalue weighted by atomic mass is 31.2. The molecule has 0 aliphatic carbocycles. The summed E-state index contributed by atoms with van der Waals surface area (Å²) < 4.78 is 35.0. The number of rotatable bonds is 43. The summed E-state index contributed by atoms with van der Waals surface area (Å²) in [7, 11) is 1.65. The quantitative estimate of drug-likeness (QED) is 0.0215. The first-order valence-electron chi connectivity index (χ1n) is 23.7. The van der Waals surface area contributed by atoms with Crippen LogP contribution in [-0.4, -0.2) is 75.6 Å². The van der Waals surface area contributed by atoms with Crippen LogP contribution in [0.4, 0.5) is 0 Å². The average molecular weight is 849 g/mol. The van der Waals surface area contributed by atoms with E-state index in [1.54, 1.807) is 0 Å². The standard InChI is InChI=1S/C50H90NO7P/c1-6-8-10-12-14-16-18-20-21-22-23-24-25-26-27-28-29-30-32-34-36-38-40-42-45-55-47-49(48-57-59(53,54)56-46-44-51(3,4)5)58-50(52)43-41-39-37-35-33-31-19-17-15-13-11-9-7-2/h8,10,14,16,20-21,23-24,26-27,29-30,49H,6-7,9,11-13,15,17-19,22,25,28,31-48H2,1-5H3/p+1/b10-8-,16-14-,21-20-,24-23-,27-26-,30-29-. The van der Waals surface area contributed by atoms with Crippen LogP contribution in [0.1, 0.15) is 181 Å². The third-order valence-electron chi connectivity index (χ3n) is 9.78. The molecule has 2 unspecified atom stereocenters. The third kappa shape index (κ3) is 46.9. The molecule has 0 spiro atoms. The van der Waals surface area contributed by atoms with E-state index in [4.69, 9.17) is 18.5 Å². The van der Waals surface area contributed by atoms with Gasteiger partial charge in [0.25, 0.3) is 0 Å². The first-order chi connectivity index (χ1) is 28.6. The molecule has 2 atom stereocenters. The summed E-state index contributed by atoms with van der Waals surface area (Å²) in [4.78, 5) is 22.9. The zero-order chi connectivity index (χ0) is 43.4. The molecule has 8 nitrogen and oxygen atoms in total. The Hall–Kier alpha value is -2.06. The van der Waals surface area contributed by atoms with Crippen molar-refractivity contribution in [2.24, 2.45) is 0 Å². The van der Waals surface area contributed by atoms with Crippen LogP contribution in [0.25, 0.3) is 0 Å². The number of phosphoric acid groups is 1. The van der Waals surface area contributed by atoms with Crippen LogP contribution in [0.15, 0.2) is 72.9 Å². The van der Waals surface area contributed by atoms with Crippen molar-refractivity contribution in [3.05, 3.63) is 72.9 Å². The molecule has 1 N–H and O–H groups in total. The summed E-state index contributed by atoms with van der Waals surface area (Å²) in [5.41, 5.74) is 0. The molecule has 342 valence electrons. The largest absolute Gasteiger partial charge is 0.472 e. The van der Waals surface area contributed by atoms with Crippen LogP contribution < -0.4 is 0 Å². The Kier molecular flexibility index (Phi) is 41.1. The number of unbranched alkanes of at least 4 members (excludes halogenated alkanes) is 17. The van der Waals surface area contributed by atoms with Gasteiger partial charge < -0.3 is 18.9 Å². The van der Waals surface area contributed by atoms with Gasteiger partial charge in [-0.25, -0.2) is 4.57 Å². The van der Waals surface area contributed by atoms with Gasteiger partial charge >= 0.3 is 13.8 Å². The molecule has 0 aliphatic rings. The zero-order valence-electron chi connectivity index (χ0n) is 38.7. The molecular weight excluding hydrogens is 758 g/mol. The Labute approximate surface area is 363 Å². The Morgan fingerprint density at radius 2 is 0.983 bits per heavy atom. The van der Waals surface area contributed by atoms with Gasteiger partial charge in [-0.05, 0) is 64.2 Å². The summed E-state index contributed by atoms with van der Waals surface area (Å²) >= 11 is 0. The van der Waals surface area contributed by atoms with E-state index in [9.17, 15) is 14.3 Å². The number of carbonyl (C=O) groups excluding carboxylic acids is 1. The molecule has 0 heterocycles. The highest BCUT2D eigenvalue weighted by Gasteiger charge is 2.26. The van der Waals surface area contributed by atoms with Crippen molar-refractivity contribution in [2.75, 3.05) is 54.1 Å². The lowest BCUT2D eigenvalue weighted by atomic mass is 10.0. The molecule has 0 aromatic heterocycles. The fourth-order valence-electron chi connectivity index (χ4n) is 6.14. The Morgan fingerprint density at radius 1 is 0.542 bits per heavy atom. The number of nitrogens with zero attached hydrogens (tertiary/aromatic N) is 1. The van der Waals surface area contributed by atoms with E-state index >= 15 is 0 Å². The van der Waals surface area contributed by atoms with Crippen LogP contribution in [0, 0.1) is 0 Å². The third-order valence-corrected chi connectivity index (χ3v) is 10.8. The molecule has 0 rings (SSSR count). The van der Waals surface area contributed by atoms with Crippen molar-refractivity contribution < 1.29 is 37.3 Å². The topological polar surface area (TPSA) is 91.3 Å². The van der Waals surface area contributed by atoms with Gasteiger partial charge in [-0.2, -0.15) is 0 Å². The SMILES string of the molecule is CC/C=C\C/C=C\C/C=C\C/C=C\C/C=C\C/C=C\CCCCCCCOCC(COP(=O)(O)OCC[N+](C)(C)C)OC(=O)CCCCCCCCCCCCCCC. The molecule has 0 aliphatic heterocycles. The fraction of sp³-hybridized carbons (Fsp3) is 0.740. The van der Waals surface area contributed by atoms with Gasteiger partial charge in [0.15, 0.2) is 0 Å². The van der Waals surface area contributed by atoms with Crippen LogP contribution in [0.3, 0.4) is 0 Å². The Balaban J connectivity index is 4.22. The lowest BCUT2D eigenvalue weighted by Crippen LogP contribution is -2.37. The molecule has 0 radical (unpaired) electrons. The second kappa shape index (κ2) is 42.6. The van der Waals surface area contributed by atoms with E-state index in [0.717, 1.165) is 83.5 Å². The molecule has 0 saturated carbocycles. The number of esters is 1. The molecule has 0 aromatic rings. The molecule has 0 aromatic carbocycles. The van der Waals surface area contributed by atoms with Gasteiger partial charge in [-0.3, -0.25) is 13.8 Å². The molecule has 0 amide bonds. The average Bonchev–Trinajstić information content (AvgIpc) is 3.19. The number of phosphoric ester groups is 1. The van der Waals surface area contributed by atoms with Crippen molar-refractivity contribution in [2.45, 2.75) is 187 Å². The second-order valence-electron chi connectivity index (χ2n) is 16.8. The molecule has 59 heavy (non-hydrogen) atoms. The molecule has 0 bridgehead atoms. The summed E-state index contributed by atoms with van der Waals surface area (Å²) in [6.45, 7) is 5.45. The predicted octanol–water partition coefficient (Wildman–Crippen LogP) is 14.3. The van der Waals surface area contributed by atoms with Crippen LogP contribution in [0.5, 0.6) is 0 Å². The van der Waals surface area contributed by atoms with Crippen molar-refractivity contribution in [3.63, 3.8) is 0 Å². The number of hydrogen-bond acceptors (Lipinski definition) is 6. The van der Waals surface area contributed by atoms with Gasteiger partial charge in [-0.1, -0.05) is 183 Å². The number of carbonyl (C=O) groups is 1. The highest BCUT2D eigenvalue weighted by Crippen LogP contribution is 2.43. The maximum absolute atomic E-state index is 12.7. The number of hydrogen-bond donors (Lipinski definition) is 1. The van der Waals surface area contributed by atoms with Crippen LogP contribution in [0.2, 0.25) is 0 Å². The number of allylic oxidation sites excluding steroid dienone is 12. The van der Waals surface area contributed by atoms with Gasteiger partial charge in [0.05, 0.1) is 34.4 Å². The van der Waals surface area contributed by atoms with Crippen molar-refractivity contribution in [1.29, 1.82) is 0 Å². The normalized spacial score (nSPS) is 14.3. The second-order valence-corrected chi connectivity index (χ2v) is 18.2. The van der Waals surface area contributed by atoms with Crippen molar-refractivity contribution in [1.82, 2.24) is 0 Å². The predicted molar refractivity (Wildman–Crippen MR) is 252 cm³/mol. The number of quaternary nitrogens is 1. The maximum atomic E-state index is 12.7. The molecule has 9 heteroatoms. The number of ether oxygens (including phenoxy) is 2. The minimum Gasteiger partial charge on any atom is -0.457 e. The van der Waals surface area contributed by atoms with Gasteiger partial charge in [0, 0.05) is 13.0 Å². The van der Waals surface area contributed by atoms with Crippen molar-refractivity contribution >= 4 is 13.8 Å². The monoisotopic (exact) mass is 849 g/mol.